The molecule has 0 heterocycles. The van der Waals surface area contributed by atoms with Gasteiger partial charge in [0.15, 0.2) is 0 Å². The molecule has 0 aromatic heterocycles. The number of hydrogen-bond donors (Lipinski definition) is 1. The summed E-state index contributed by atoms with van der Waals surface area (Å²) in [6.45, 7) is 6.81. The van der Waals surface area contributed by atoms with Crippen LogP contribution < -0.4 is 5.73 Å². The third kappa shape index (κ3) is 2.28. The molecule has 2 rings (SSSR count). The standard InChI is InChI=1S/C14H28N2/c1-4-12-5-6-14(8-12,10-15)16(3)9-13-7-11(13)2/h11-13H,4-10,15H2,1-3H3. The molecule has 0 aromatic carbocycles. The Morgan fingerprint density at radius 3 is 2.56 bits per heavy atom. The lowest BCUT2D eigenvalue weighted by atomic mass is 9.93. The first-order valence-electron chi connectivity index (χ1n) is 7.02. The van der Waals surface area contributed by atoms with Crippen molar-refractivity contribution in [3.05, 3.63) is 0 Å². The first kappa shape index (κ1) is 12.4. The van der Waals surface area contributed by atoms with Crippen molar-refractivity contribution in [1.29, 1.82) is 0 Å². The van der Waals surface area contributed by atoms with Crippen LogP contribution in [0.2, 0.25) is 0 Å². The van der Waals surface area contributed by atoms with Crippen molar-refractivity contribution in [3.63, 3.8) is 0 Å². The number of rotatable bonds is 5. The summed E-state index contributed by atoms with van der Waals surface area (Å²) in [5, 5.41) is 0. The zero-order chi connectivity index (χ0) is 11.8. The highest BCUT2D eigenvalue weighted by Crippen LogP contribution is 2.43. The molecule has 0 aliphatic heterocycles. The van der Waals surface area contributed by atoms with Crippen molar-refractivity contribution in [3.8, 4) is 0 Å². The molecule has 2 N–H and O–H groups in total. The average molecular weight is 224 g/mol. The SMILES string of the molecule is CCC1CCC(CN)(N(C)CC2CC2C)C1. The van der Waals surface area contributed by atoms with Crippen LogP contribution in [0.25, 0.3) is 0 Å². The van der Waals surface area contributed by atoms with Crippen molar-refractivity contribution >= 4 is 0 Å². The fourth-order valence-corrected chi connectivity index (χ4v) is 3.45. The maximum atomic E-state index is 6.08. The molecule has 4 atom stereocenters. The van der Waals surface area contributed by atoms with Crippen molar-refractivity contribution < 1.29 is 0 Å². The largest absolute Gasteiger partial charge is 0.329 e. The third-order valence-corrected chi connectivity index (χ3v) is 5.24. The number of likely N-dealkylation sites (N-methyl/N-ethyl adjacent to an activating group) is 1. The van der Waals surface area contributed by atoms with E-state index in [2.05, 4.69) is 25.8 Å². The van der Waals surface area contributed by atoms with Crippen LogP contribution in [0.5, 0.6) is 0 Å². The van der Waals surface area contributed by atoms with Gasteiger partial charge in [0.05, 0.1) is 0 Å². The number of nitrogens with zero attached hydrogens (tertiary/aromatic N) is 1. The minimum Gasteiger partial charge on any atom is -0.329 e. The predicted octanol–water partition coefficient (Wildman–Crippen LogP) is 2.48. The summed E-state index contributed by atoms with van der Waals surface area (Å²) >= 11 is 0. The minimum absolute atomic E-state index is 0.336. The minimum atomic E-state index is 0.336. The van der Waals surface area contributed by atoms with Crippen LogP contribution in [-0.2, 0) is 0 Å². The van der Waals surface area contributed by atoms with Crippen LogP contribution in [0.4, 0.5) is 0 Å². The van der Waals surface area contributed by atoms with Crippen molar-refractivity contribution in [1.82, 2.24) is 4.90 Å². The predicted molar refractivity (Wildman–Crippen MR) is 69.3 cm³/mol. The Bertz CT molecular complexity index is 241. The summed E-state index contributed by atoms with van der Waals surface area (Å²) in [5.41, 5.74) is 6.41. The highest BCUT2D eigenvalue weighted by atomic mass is 15.2. The molecule has 2 saturated carbocycles. The summed E-state index contributed by atoms with van der Waals surface area (Å²) in [4.78, 5) is 2.59. The quantitative estimate of drug-likeness (QED) is 0.777. The molecule has 94 valence electrons. The van der Waals surface area contributed by atoms with Gasteiger partial charge in [0, 0.05) is 18.6 Å². The van der Waals surface area contributed by atoms with Gasteiger partial charge in [0.25, 0.3) is 0 Å². The Labute approximate surface area is 101 Å². The van der Waals surface area contributed by atoms with Gasteiger partial charge in [-0.2, -0.15) is 0 Å². The smallest absolute Gasteiger partial charge is 0.0331 e. The van der Waals surface area contributed by atoms with Crippen molar-refractivity contribution in [2.24, 2.45) is 23.5 Å². The van der Waals surface area contributed by atoms with Crippen LogP contribution in [0.1, 0.15) is 46.0 Å². The van der Waals surface area contributed by atoms with Crippen LogP contribution in [-0.4, -0.2) is 30.6 Å². The molecule has 2 heteroatoms. The monoisotopic (exact) mass is 224 g/mol. The van der Waals surface area contributed by atoms with Crippen molar-refractivity contribution in [2.75, 3.05) is 20.1 Å². The Hall–Kier alpha value is -0.0800. The molecule has 2 fully saturated rings. The fourth-order valence-electron chi connectivity index (χ4n) is 3.45. The summed E-state index contributed by atoms with van der Waals surface area (Å²) in [6, 6.07) is 0. The molecule has 4 unspecified atom stereocenters. The summed E-state index contributed by atoms with van der Waals surface area (Å²) in [7, 11) is 2.30. The molecular formula is C14H28N2. The zero-order valence-electron chi connectivity index (χ0n) is 11.2. The van der Waals surface area contributed by atoms with E-state index in [9.17, 15) is 0 Å². The highest BCUT2D eigenvalue weighted by molar-refractivity contribution is 4.99. The maximum Gasteiger partial charge on any atom is 0.0331 e. The molecule has 2 aliphatic carbocycles. The zero-order valence-corrected chi connectivity index (χ0v) is 11.2. The van der Waals surface area contributed by atoms with Crippen LogP contribution in [0.15, 0.2) is 0 Å². The normalized spacial score (nSPS) is 42.9. The number of nitrogens with two attached hydrogens (primary N) is 1. The van der Waals surface area contributed by atoms with E-state index in [0.717, 1.165) is 24.3 Å². The van der Waals surface area contributed by atoms with Gasteiger partial charge in [0.1, 0.15) is 0 Å². The summed E-state index contributed by atoms with van der Waals surface area (Å²) < 4.78 is 0. The van der Waals surface area contributed by atoms with Gasteiger partial charge in [-0.15, -0.1) is 0 Å². The van der Waals surface area contributed by atoms with E-state index in [1.54, 1.807) is 0 Å². The van der Waals surface area contributed by atoms with Crippen LogP contribution >= 0.6 is 0 Å². The first-order chi connectivity index (χ1) is 7.61. The van der Waals surface area contributed by atoms with Gasteiger partial charge >= 0.3 is 0 Å². The van der Waals surface area contributed by atoms with Crippen molar-refractivity contribution in [2.45, 2.75) is 51.5 Å². The Kier molecular flexibility index (Phi) is 3.60. The lowest BCUT2D eigenvalue weighted by Crippen LogP contribution is -2.51. The topological polar surface area (TPSA) is 29.3 Å². The molecule has 0 spiro atoms. The second kappa shape index (κ2) is 4.66. The van der Waals surface area contributed by atoms with Crippen LogP contribution in [0.3, 0.4) is 0 Å². The van der Waals surface area contributed by atoms with Gasteiger partial charge in [0.2, 0.25) is 0 Å². The molecule has 0 bridgehead atoms. The molecule has 0 radical (unpaired) electrons. The summed E-state index contributed by atoms with van der Waals surface area (Å²) in [5.74, 6) is 2.83. The van der Waals surface area contributed by atoms with Gasteiger partial charge in [-0.25, -0.2) is 0 Å². The van der Waals surface area contributed by atoms with Crippen LogP contribution in [0, 0.1) is 17.8 Å². The third-order valence-electron chi connectivity index (χ3n) is 5.24. The summed E-state index contributed by atoms with van der Waals surface area (Å²) in [6.07, 6.45) is 6.80. The fraction of sp³-hybridized carbons (Fsp3) is 1.00. The molecule has 2 aliphatic rings. The molecule has 0 aromatic rings. The van der Waals surface area contributed by atoms with E-state index < -0.39 is 0 Å². The Morgan fingerprint density at radius 2 is 2.12 bits per heavy atom. The second-order valence-corrected chi connectivity index (χ2v) is 6.30. The average Bonchev–Trinajstić information content (AvgIpc) is 2.84. The first-order valence-corrected chi connectivity index (χ1v) is 7.02. The molecular weight excluding hydrogens is 196 g/mol. The second-order valence-electron chi connectivity index (χ2n) is 6.30. The lowest BCUT2D eigenvalue weighted by molar-refractivity contribution is 0.119. The molecule has 0 amide bonds. The molecule has 16 heavy (non-hydrogen) atoms. The van der Waals surface area contributed by atoms with Gasteiger partial charge in [-0.3, -0.25) is 4.90 Å². The highest BCUT2D eigenvalue weighted by Gasteiger charge is 2.43. The maximum absolute atomic E-state index is 6.08. The Morgan fingerprint density at radius 1 is 1.44 bits per heavy atom. The van der Waals surface area contributed by atoms with E-state index in [4.69, 9.17) is 5.73 Å². The van der Waals surface area contributed by atoms with E-state index in [0.29, 0.717) is 5.54 Å². The van der Waals surface area contributed by atoms with Gasteiger partial charge in [-0.05, 0) is 50.5 Å². The molecule has 0 saturated heterocycles. The van der Waals surface area contributed by atoms with E-state index in [1.807, 2.05) is 0 Å². The van der Waals surface area contributed by atoms with Gasteiger partial charge < -0.3 is 5.73 Å². The van der Waals surface area contributed by atoms with E-state index in [1.165, 1.54) is 38.6 Å². The lowest BCUT2D eigenvalue weighted by Gasteiger charge is -2.38. The Balaban J connectivity index is 1.92. The van der Waals surface area contributed by atoms with Gasteiger partial charge in [-0.1, -0.05) is 20.3 Å². The van der Waals surface area contributed by atoms with E-state index in [-0.39, 0.29) is 0 Å². The van der Waals surface area contributed by atoms with E-state index >= 15 is 0 Å². The number of hydrogen-bond acceptors (Lipinski definition) is 2. The molecule has 2 nitrogen and oxygen atoms in total.